The number of aromatic amines is 1. The second kappa shape index (κ2) is 4.35. The van der Waals surface area contributed by atoms with Crippen molar-refractivity contribution in [3.63, 3.8) is 0 Å². The molecule has 4 nitrogen and oxygen atoms in total. The number of nitrogens with zero attached hydrogens (tertiary/aromatic N) is 2. The molecule has 0 radical (unpaired) electrons. The Hall–Kier alpha value is -1.42. The molecule has 0 bridgehead atoms. The first-order chi connectivity index (χ1) is 8.73. The Kier molecular flexibility index (Phi) is 2.82. The summed E-state index contributed by atoms with van der Waals surface area (Å²) >= 11 is 0. The molecular weight excluding hydrogens is 224 g/mol. The first kappa shape index (κ1) is 11.7. The average Bonchev–Trinajstić information content (AvgIpc) is 2.83. The molecule has 1 aliphatic rings. The van der Waals surface area contributed by atoms with Crippen LogP contribution in [0, 0.1) is 6.92 Å². The van der Waals surface area contributed by atoms with E-state index in [1.165, 1.54) is 19.3 Å². The summed E-state index contributed by atoms with van der Waals surface area (Å²) in [7, 11) is 0. The highest BCUT2D eigenvalue weighted by Gasteiger charge is 2.35. The molecule has 0 aliphatic heterocycles. The van der Waals surface area contributed by atoms with Crippen LogP contribution < -0.4 is 5.73 Å². The lowest BCUT2D eigenvalue weighted by Crippen LogP contribution is -2.38. The average molecular weight is 244 g/mol. The van der Waals surface area contributed by atoms with E-state index < -0.39 is 0 Å². The highest BCUT2D eigenvalue weighted by molar-refractivity contribution is 5.71. The number of hydrogen-bond acceptors (Lipinski definition) is 3. The molecule has 1 aliphatic carbocycles. The maximum absolute atomic E-state index is 6.04. The molecule has 0 aromatic carbocycles. The van der Waals surface area contributed by atoms with Crippen LogP contribution in [0.15, 0.2) is 12.3 Å². The van der Waals surface area contributed by atoms with Crippen molar-refractivity contribution in [2.75, 3.05) is 6.54 Å². The van der Waals surface area contributed by atoms with Gasteiger partial charge in [0.25, 0.3) is 0 Å². The molecule has 96 valence electrons. The topological polar surface area (TPSA) is 67.6 Å². The van der Waals surface area contributed by atoms with Gasteiger partial charge in [0, 0.05) is 18.2 Å². The summed E-state index contributed by atoms with van der Waals surface area (Å²) in [5.74, 6) is 1.04. The van der Waals surface area contributed by atoms with E-state index in [1.807, 2.05) is 13.1 Å². The van der Waals surface area contributed by atoms with Crippen molar-refractivity contribution in [3.8, 4) is 0 Å². The van der Waals surface area contributed by atoms with Crippen molar-refractivity contribution in [2.45, 2.75) is 44.4 Å². The van der Waals surface area contributed by atoms with Crippen LogP contribution in [0.25, 0.3) is 11.2 Å². The van der Waals surface area contributed by atoms with E-state index in [4.69, 9.17) is 5.73 Å². The first-order valence-corrected chi connectivity index (χ1v) is 6.76. The molecule has 3 rings (SSSR count). The third-order valence-corrected chi connectivity index (χ3v) is 4.18. The molecule has 0 amide bonds. The number of H-pyrrole nitrogens is 1. The first-order valence-electron chi connectivity index (χ1n) is 6.76. The van der Waals surface area contributed by atoms with Gasteiger partial charge in [0.05, 0.1) is 5.52 Å². The van der Waals surface area contributed by atoms with Gasteiger partial charge in [-0.05, 0) is 31.4 Å². The lowest BCUT2D eigenvalue weighted by atomic mass is 9.73. The minimum Gasteiger partial charge on any atom is -0.340 e. The number of aryl methyl sites for hydroxylation is 1. The molecule has 2 aromatic rings. The van der Waals surface area contributed by atoms with Crippen LogP contribution in [0.1, 0.15) is 43.5 Å². The summed E-state index contributed by atoms with van der Waals surface area (Å²) in [6.45, 7) is 2.72. The van der Waals surface area contributed by atoms with Crippen molar-refractivity contribution in [1.82, 2.24) is 15.0 Å². The van der Waals surface area contributed by atoms with Crippen LogP contribution in [0.3, 0.4) is 0 Å². The zero-order chi connectivity index (χ0) is 12.6. The Bertz CT molecular complexity index is 552. The van der Waals surface area contributed by atoms with Gasteiger partial charge in [-0.1, -0.05) is 19.3 Å². The minimum absolute atomic E-state index is 0.0485. The summed E-state index contributed by atoms with van der Waals surface area (Å²) in [6.07, 6.45) is 7.97. The molecule has 1 saturated carbocycles. The summed E-state index contributed by atoms with van der Waals surface area (Å²) in [5.41, 5.74) is 9.09. The van der Waals surface area contributed by atoms with Crippen molar-refractivity contribution < 1.29 is 0 Å². The molecule has 18 heavy (non-hydrogen) atoms. The van der Waals surface area contributed by atoms with E-state index in [0.29, 0.717) is 6.54 Å². The second-order valence-corrected chi connectivity index (χ2v) is 5.51. The van der Waals surface area contributed by atoms with Gasteiger partial charge >= 0.3 is 0 Å². The van der Waals surface area contributed by atoms with Crippen molar-refractivity contribution in [2.24, 2.45) is 5.73 Å². The Morgan fingerprint density at radius 1 is 1.33 bits per heavy atom. The van der Waals surface area contributed by atoms with Crippen LogP contribution in [-0.4, -0.2) is 21.5 Å². The molecule has 2 heterocycles. The van der Waals surface area contributed by atoms with E-state index in [0.717, 1.165) is 35.4 Å². The van der Waals surface area contributed by atoms with E-state index >= 15 is 0 Å². The van der Waals surface area contributed by atoms with Crippen LogP contribution in [0.5, 0.6) is 0 Å². The van der Waals surface area contributed by atoms with Crippen LogP contribution in [-0.2, 0) is 5.41 Å². The van der Waals surface area contributed by atoms with Gasteiger partial charge in [0.15, 0.2) is 5.65 Å². The lowest BCUT2D eigenvalue weighted by molar-refractivity contribution is 0.288. The van der Waals surface area contributed by atoms with Gasteiger partial charge in [0.1, 0.15) is 5.82 Å². The summed E-state index contributed by atoms with van der Waals surface area (Å²) in [4.78, 5) is 12.5. The Morgan fingerprint density at radius 2 is 2.11 bits per heavy atom. The van der Waals surface area contributed by atoms with Crippen molar-refractivity contribution in [1.29, 1.82) is 0 Å². The molecule has 1 fully saturated rings. The summed E-state index contributed by atoms with van der Waals surface area (Å²) in [5, 5.41) is 0. The maximum Gasteiger partial charge on any atom is 0.177 e. The lowest BCUT2D eigenvalue weighted by Gasteiger charge is -2.34. The monoisotopic (exact) mass is 244 g/mol. The van der Waals surface area contributed by atoms with E-state index in [2.05, 4.69) is 21.0 Å². The largest absolute Gasteiger partial charge is 0.340 e. The molecule has 4 heteroatoms. The molecule has 0 atom stereocenters. The standard InChI is InChI=1S/C14H20N4/c1-10-7-11-12(16-8-10)18-13(17-11)14(9-15)5-3-2-4-6-14/h7-8H,2-6,9,15H2,1H3,(H,16,17,18). The Morgan fingerprint density at radius 3 is 2.83 bits per heavy atom. The maximum atomic E-state index is 6.04. The molecule has 2 aromatic heterocycles. The van der Waals surface area contributed by atoms with Gasteiger partial charge < -0.3 is 10.7 Å². The van der Waals surface area contributed by atoms with Gasteiger partial charge in [-0.25, -0.2) is 9.97 Å². The number of pyridine rings is 1. The quantitative estimate of drug-likeness (QED) is 0.852. The SMILES string of the molecule is Cc1cnc2nc(C3(CN)CCCCC3)[nH]c2c1. The predicted octanol–water partition coefficient (Wildman–Crippen LogP) is 2.43. The predicted molar refractivity (Wildman–Crippen MR) is 72.4 cm³/mol. The third kappa shape index (κ3) is 1.81. The summed E-state index contributed by atoms with van der Waals surface area (Å²) < 4.78 is 0. The third-order valence-electron chi connectivity index (χ3n) is 4.18. The number of imidazole rings is 1. The van der Waals surface area contributed by atoms with E-state index in [-0.39, 0.29) is 5.41 Å². The van der Waals surface area contributed by atoms with Gasteiger partial charge in [-0.15, -0.1) is 0 Å². The van der Waals surface area contributed by atoms with Crippen molar-refractivity contribution in [3.05, 3.63) is 23.7 Å². The van der Waals surface area contributed by atoms with Gasteiger partial charge in [-0.2, -0.15) is 0 Å². The highest BCUT2D eigenvalue weighted by atomic mass is 15.0. The van der Waals surface area contributed by atoms with Gasteiger partial charge in [0.2, 0.25) is 0 Å². The fourth-order valence-corrected chi connectivity index (χ4v) is 3.02. The Balaban J connectivity index is 2.06. The fourth-order valence-electron chi connectivity index (χ4n) is 3.02. The molecule has 3 N–H and O–H groups in total. The second-order valence-electron chi connectivity index (χ2n) is 5.51. The number of hydrogen-bond donors (Lipinski definition) is 2. The van der Waals surface area contributed by atoms with Crippen molar-refractivity contribution >= 4 is 11.2 Å². The zero-order valence-corrected chi connectivity index (χ0v) is 10.9. The number of fused-ring (bicyclic) bond motifs is 1. The van der Waals surface area contributed by atoms with Crippen LogP contribution >= 0.6 is 0 Å². The fraction of sp³-hybridized carbons (Fsp3) is 0.571. The van der Waals surface area contributed by atoms with Gasteiger partial charge in [-0.3, -0.25) is 0 Å². The molecule has 0 saturated heterocycles. The minimum atomic E-state index is 0.0485. The van der Waals surface area contributed by atoms with Crippen LogP contribution in [0.4, 0.5) is 0 Å². The number of rotatable bonds is 2. The molecule has 0 spiro atoms. The smallest absolute Gasteiger partial charge is 0.177 e. The van der Waals surface area contributed by atoms with E-state index in [9.17, 15) is 0 Å². The normalized spacial score (nSPS) is 19.2. The molecule has 0 unspecified atom stereocenters. The summed E-state index contributed by atoms with van der Waals surface area (Å²) in [6, 6.07) is 2.10. The number of nitrogens with two attached hydrogens (primary N) is 1. The number of nitrogens with one attached hydrogen (secondary N) is 1. The van der Waals surface area contributed by atoms with Crippen LogP contribution in [0.2, 0.25) is 0 Å². The zero-order valence-electron chi connectivity index (χ0n) is 10.9. The number of aromatic nitrogens is 3. The Labute approximate surface area is 107 Å². The van der Waals surface area contributed by atoms with E-state index in [1.54, 1.807) is 0 Å². The highest BCUT2D eigenvalue weighted by Crippen LogP contribution is 2.37. The molecular formula is C14H20N4.